The van der Waals surface area contributed by atoms with Crippen LogP contribution >= 0.6 is 0 Å². The Balaban J connectivity index is 1.63. The summed E-state index contributed by atoms with van der Waals surface area (Å²) in [7, 11) is 0. The molecule has 0 fully saturated rings. The first-order valence-corrected chi connectivity index (χ1v) is 8.30. The standard InChI is InChI=1S/C21H16N2O4/c1-12-11-27-18-9-7-15(20(25)19(12)18)21(26)23-22-10-16-14-5-3-2-4-13(14)6-8-17(16)24/h2-11,24-25H,1H3,(H,23,26)/b22-10+. The third-order valence-corrected chi connectivity index (χ3v) is 4.45. The third kappa shape index (κ3) is 2.87. The second kappa shape index (κ2) is 6.49. The number of fused-ring (bicyclic) bond motifs is 2. The largest absolute Gasteiger partial charge is 0.507 e. The maximum Gasteiger partial charge on any atom is 0.275 e. The van der Waals surface area contributed by atoms with E-state index in [1.165, 1.54) is 18.5 Å². The second-order valence-electron chi connectivity index (χ2n) is 6.17. The van der Waals surface area contributed by atoms with Gasteiger partial charge in [-0.15, -0.1) is 0 Å². The van der Waals surface area contributed by atoms with E-state index >= 15 is 0 Å². The van der Waals surface area contributed by atoms with Crippen LogP contribution in [0.4, 0.5) is 0 Å². The number of benzene rings is 3. The first kappa shape index (κ1) is 16.7. The maximum absolute atomic E-state index is 12.4. The molecule has 0 aliphatic carbocycles. The lowest BCUT2D eigenvalue weighted by molar-refractivity contribution is 0.0952. The molecule has 0 unspecified atom stereocenters. The number of furan rings is 1. The molecule has 1 aromatic heterocycles. The number of rotatable bonds is 3. The number of carbonyl (C=O) groups excluding carboxylic acids is 1. The Morgan fingerprint density at radius 2 is 1.93 bits per heavy atom. The number of aryl methyl sites for hydroxylation is 1. The Morgan fingerprint density at radius 3 is 2.78 bits per heavy atom. The number of aromatic hydroxyl groups is 2. The second-order valence-corrected chi connectivity index (χ2v) is 6.17. The van der Waals surface area contributed by atoms with Gasteiger partial charge in [0, 0.05) is 5.56 Å². The Kier molecular flexibility index (Phi) is 4.01. The van der Waals surface area contributed by atoms with Crippen molar-refractivity contribution < 1.29 is 19.4 Å². The number of nitrogens with zero attached hydrogens (tertiary/aromatic N) is 1. The summed E-state index contributed by atoms with van der Waals surface area (Å²) in [4.78, 5) is 12.4. The quantitative estimate of drug-likeness (QED) is 0.379. The van der Waals surface area contributed by atoms with Crippen LogP contribution in [0.2, 0.25) is 0 Å². The lowest BCUT2D eigenvalue weighted by Crippen LogP contribution is -2.17. The molecule has 0 bridgehead atoms. The van der Waals surface area contributed by atoms with Gasteiger partial charge >= 0.3 is 0 Å². The van der Waals surface area contributed by atoms with E-state index in [0.29, 0.717) is 16.5 Å². The van der Waals surface area contributed by atoms with Gasteiger partial charge in [-0.2, -0.15) is 5.10 Å². The van der Waals surface area contributed by atoms with Crippen LogP contribution < -0.4 is 5.43 Å². The zero-order valence-electron chi connectivity index (χ0n) is 14.4. The number of phenolic OH excluding ortho intramolecular Hbond substituents is 2. The minimum atomic E-state index is -0.564. The van der Waals surface area contributed by atoms with Crippen LogP contribution in [0, 0.1) is 6.92 Å². The summed E-state index contributed by atoms with van der Waals surface area (Å²) < 4.78 is 5.31. The molecule has 0 radical (unpaired) electrons. The number of hydrogen-bond acceptors (Lipinski definition) is 5. The van der Waals surface area contributed by atoms with Crippen molar-refractivity contribution in [2.45, 2.75) is 6.92 Å². The van der Waals surface area contributed by atoms with Gasteiger partial charge in [0.25, 0.3) is 5.91 Å². The summed E-state index contributed by atoms with van der Waals surface area (Å²) in [6, 6.07) is 14.0. The Morgan fingerprint density at radius 1 is 1.11 bits per heavy atom. The zero-order valence-corrected chi connectivity index (χ0v) is 14.4. The third-order valence-electron chi connectivity index (χ3n) is 4.45. The molecule has 27 heavy (non-hydrogen) atoms. The van der Waals surface area contributed by atoms with E-state index in [4.69, 9.17) is 4.42 Å². The van der Waals surface area contributed by atoms with Crippen LogP contribution in [0.5, 0.6) is 11.5 Å². The molecule has 0 spiro atoms. The molecule has 3 aromatic carbocycles. The number of hydrogen-bond donors (Lipinski definition) is 3. The molecule has 1 heterocycles. The van der Waals surface area contributed by atoms with Gasteiger partial charge in [0.2, 0.25) is 0 Å². The van der Waals surface area contributed by atoms with E-state index in [1.807, 2.05) is 24.3 Å². The fraction of sp³-hybridized carbons (Fsp3) is 0.0476. The molecular formula is C21H16N2O4. The Bertz CT molecular complexity index is 1210. The predicted molar refractivity (Wildman–Crippen MR) is 103 cm³/mol. The fourth-order valence-electron chi connectivity index (χ4n) is 3.08. The summed E-state index contributed by atoms with van der Waals surface area (Å²) in [5.41, 5.74) is 4.22. The molecule has 3 N–H and O–H groups in total. The van der Waals surface area contributed by atoms with Crippen LogP contribution in [0.3, 0.4) is 0 Å². The lowest BCUT2D eigenvalue weighted by Gasteiger charge is -2.06. The highest BCUT2D eigenvalue weighted by atomic mass is 16.3. The fourth-order valence-corrected chi connectivity index (χ4v) is 3.08. The van der Waals surface area contributed by atoms with Crippen molar-refractivity contribution in [2.75, 3.05) is 0 Å². The molecule has 0 saturated carbocycles. The Hall–Kier alpha value is -3.80. The zero-order chi connectivity index (χ0) is 19.0. The topological polar surface area (TPSA) is 95.1 Å². The van der Waals surface area contributed by atoms with Crippen LogP contribution in [0.15, 0.2) is 64.3 Å². The van der Waals surface area contributed by atoms with Crippen molar-refractivity contribution in [3.8, 4) is 11.5 Å². The van der Waals surface area contributed by atoms with Crippen LogP contribution in [-0.4, -0.2) is 22.3 Å². The highest BCUT2D eigenvalue weighted by Gasteiger charge is 2.16. The molecule has 0 aliphatic heterocycles. The van der Waals surface area contributed by atoms with Crippen molar-refractivity contribution in [1.82, 2.24) is 5.43 Å². The lowest BCUT2D eigenvalue weighted by atomic mass is 10.0. The maximum atomic E-state index is 12.4. The molecule has 4 rings (SSSR count). The summed E-state index contributed by atoms with van der Waals surface area (Å²) in [5, 5.41) is 26.7. The summed E-state index contributed by atoms with van der Waals surface area (Å²) in [5.74, 6) is -0.657. The van der Waals surface area contributed by atoms with Gasteiger partial charge in [-0.1, -0.05) is 30.3 Å². The van der Waals surface area contributed by atoms with Gasteiger partial charge < -0.3 is 14.6 Å². The SMILES string of the molecule is Cc1coc2ccc(C(=O)N/N=C/c3c(O)ccc4ccccc34)c(O)c12. The van der Waals surface area contributed by atoms with E-state index in [-0.39, 0.29) is 17.1 Å². The molecule has 6 heteroatoms. The van der Waals surface area contributed by atoms with E-state index < -0.39 is 5.91 Å². The molecule has 0 aliphatic rings. The summed E-state index contributed by atoms with van der Waals surface area (Å²) in [6.07, 6.45) is 2.90. The van der Waals surface area contributed by atoms with E-state index in [0.717, 1.165) is 16.3 Å². The van der Waals surface area contributed by atoms with Crippen molar-refractivity contribution in [3.05, 3.63) is 71.5 Å². The van der Waals surface area contributed by atoms with Crippen LogP contribution in [0.25, 0.3) is 21.7 Å². The number of phenols is 2. The first-order valence-electron chi connectivity index (χ1n) is 8.30. The van der Waals surface area contributed by atoms with Crippen molar-refractivity contribution in [3.63, 3.8) is 0 Å². The van der Waals surface area contributed by atoms with Gasteiger partial charge in [-0.05, 0) is 41.5 Å². The predicted octanol–water partition coefficient (Wildman–Crippen LogP) is 4.07. The minimum Gasteiger partial charge on any atom is -0.507 e. The molecule has 4 aromatic rings. The summed E-state index contributed by atoms with van der Waals surface area (Å²) >= 11 is 0. The molecule has 1 amide bonds. The van der Waals surface area contributed by atoms with Crippen molar-refractivity contribution in [2.24, 2.45) is 5.10 Å². The van der Waals surface area contributed by atoms with E-state index in [2.05, 4.69) is 10.5 Å². The smallest absolute Gasteiger partial charge is 0.275 e. The Labute approximate surface area is 154 Å². The van der Waals surface area contributed by atoms with Gasteiger partial charge in [-0.25, -0.2) is 5.43 Å². The molecule has 0 atom stereocenters. The van der Waals surface area contributed by atoms with Crippen LogP contribution in [-0.2, 0) is 0 Å². The minimum absolute atomic E-state index is 0.0602. The van der Waals surface area contributed by atoms with E-state index in [1.54, 1.807) is 25.1 Å². The van der Waals surface area contributed by atoms with Gasteiger partial charge in [0.1, 0.15) is 17.1 Å². The molecule has 6 nitrogen and oxygen atoms in total. The highest BCUT2D eigenvalue weighted by Crippen LogP contribution is 2.32. The van der Waals surface area contributed by atoms with Gasteiger partial charge in [0.15, 0.2) is 0 Å². The monoisotopic (exact) mass is 360 g/mol. The first-order chi connectivity index (χ1) is 13.1. The number of carbonyl (C=O) groups is 1. The van der Waals surface area contributed by atoms with E-state index in [9.17, 15) is 15.0 Å². The molecule has 134 valence electrons. The van der Waals surface area contributed by atoms with Crippen molar-refractivity contribution >= 4 is 33.9 Å². The van der Waals surface area contributed by atoms with Crippen molar-refractivity contribution in [1.29, 1.82) is 0 Å². The summed E-state index contributed by atoms with van der Waals surface area (Å²) in [6.45, 7) is 1.79. The normalized spacial score (nSPS) is 11.4. The van der Waals surface area contributed by atoms with Gasteiger partial charge in [0.05, 0.1) is 23.4 Å². The molecular weight excluding hydrogens is 344 g/mol. The number of amides is 1. The number of hydrazone groups is 1. The average Bonchev–Trinajstić information content (AvgIpc) is 3.05. The average molecular weight is 360 g/mol. The molecule has 0 saturated heterocycles. The van der Waals surface area contributed by atoms with Gasteiger partial charge in [-0.3, -0.25) is 4.79 Å². The van der Waals surface area contributed by atoms with Crippen LogP contribution in [0.1, 0.15) is 21.5 Å². The highest BCUT2D eigenvalue weighted by molar-refractivity contribution is 6.05. The number of nitrogens with one attached hydrogen (secondary N) is 1.